The van der Waals surface area contributed by atoms with Crippen molar-refractivity contribution in [3.63, 3.8) is 0 Å². The number of nitrogens with one attached hydrogen (secondary N) is 1. The van der Waals surface area contributed by atoms with E-state index in [0.717, 1.165) is 5.56 Å². The van der Waals surface area contributed by atoms with Crippen molar-refractivity contribution in [1.29, 1.82) is 5.26 Å². The Bertz CT molecular complexity index is 855. The van der Waals surface area contributed by atoms with Gasteiger partial charge in [-0.2, -0.15) is 31.6 Å². The van der Waals surface area contributed by atoms with Crippen LogP contribution in [0.25, 0.3) is 0 Å². The predicted octanol–water partition coefficient (Wildman–Crippen LogP) is 5.84. The Balaban J connectivity index is 2.31. The zero-order valence-electron chi connectivity index (χ0n) is 14.8. The maximum absolute atomic E-state index is 13.0. The molecule has 0 saturated carbocycles. The zero-order valence-corrected chi connectivity index (χ0v) is 15.6. The van der Waals surface area contributed by atoms with Crippen LogP contribution in [0.1, 0.15) is 23.1 Å². The first kappa shape index (κ1) is 22.5. The maximum atomic E-state index is 13.0. The Labute approximate surface area is 168 Å². The summed E-state index contributed by atoms with van der Waals surface area (Å²) in [5.41, 5.74) is -2.50. The van der Waals surface area contributed by atoms with E-state index < -0.39 is 29.2 Å². The van der Waals surface area contributed by atoms with E-state index in [1.165, 1.54) is 4.90 Å². The van der Waals surface area contributed by atoms with Crippen molar-refractivity contribution in [3.05, 3.63) is 65.2 Å². The molecule has 0 aliphatic heterocycles. The van der Waals surface area contributed by atoms with Gasteiger partial charge in [0, 0.05) is 18.8 Å². The van der Waals surface area contributed by atoms with Crippen molar-refractivity contribution < 1.29 is 26.3 Å². The summed E-state index contributed by atoms with van der Waals surface area (Å²) in [4.78, 5) is 1.50. The first-order valence-electron chi connectivity index (χ1n) is 8.27. The lowest BCUT2D eigenvalue weighted by Crippen LogP contribution is -2.35. The summed E-state index contributed by atoms with van der Waals surface area (Å²) in [6.07, 6.45) is -9.83. The smallest absolute Gasteiger partial charge is 0.344 e. The van der Waals surface area contributed by atoms with Gasteiger partial charge in [0.25, 0.3) is 0 Å². The van der Waals surface area contributed by atoms with Gasteiger partial charge in [0.2, 0.25) is 0 Å². The molecule has 3 nitrogen and oxygen atoms in total. The average Bonchev–Trinajstić information content (AvgIpc) is 2.64. The lowest BCUT2D eigenvalue weighted by atomic mass is 10.1. The summed E-state index contributed by atoms with van der Waals surface area (Å²) in [6.45, 7) is 0.391. The molecular weight excluding hydrogens is 416 g/mol. The third-order valence-corrected chi connectivity index (χ3v) is 4.20. The summed E-state index contributed by atoms with van der Waals surface area (Å²) in [5.74, 6) is 0. The van der Waals surface area contributed by atoms with E-state index in [2.05, 4.69) is 5.32 Å². The van der Waals surface area contributed by atoms with Crippen molar-refractivity contribution in [3.8, 4) is 6.07 Å². The zero-order chi connectivity index (χ0) is 21.7. The van der Waals surface area contributed by atoms with Crippen molar-refractivity contribution in [2.45, 2.75) is 25.3 Å². The molecule has 0 spiro atoms. The molecule has 1 N–H and O–H groups in total. The number of halogens is 6. The van der Waals surface area contributed by atoms with Crippen LogP contribution in [0.2, 0.25) is 0 Å². The van der Waals surface area contributed by atoms with E-state index in [9.17, 15) is 26.3 Å². The van der Waals surface area contributed by atoms with Crippen LogP contribution in [0, 0.1) is 11.3 Å². The highest BCUT2D eigenvalue weighted by Crippen LogP contribution is 2.37. The number of hydrogen-bond acceptors (Lipinski definition) is 2. The number of anilines is 1. The highest BCUT2D eigenvalue weighted by Gasteiger charge is 2.37. The van der Waals surface area contributed by atoms with Gasteiger partial charge in [0.15, 0.2) is 5.11 Å². The topological polar surface area (TPSA) is 39.1 Å². The standard InChI is InChI=1S/C19H15F6N3S/c20-18(21,22)14-9-15(19(23,24)25)11-16(10-14)27-17(29)28(8-4-7-26)12-13-5-2-1-3-6-13/h1-3,5-6,9-11H,4,8,12H2,(H,27,29). The minimum Gasteiger partial charge on any atom is -0.344 e. The first-order chi connectivity index (χ1) is 13.5. The molecule has 0 saturated heterocycles. The lowest BCUT2D eigenvalue weighted by Gasteiger charge is -2.26. The summed E-state index contributed by atoms with van der Waals surface area (Å²) >= 11 is 5.19. The molecule has 0 unspecified atom stereocenters. The van der Waals surface area contributed by atoms with E-state index in [-0.39, 0.29) is 30.7 Å². The molecule has 2 aromatic carbocycles. The van der Waals surface area contributed by atoms with Gasteiger partial charge >= 0.3 is 12.4 Å². The van der Waals surface area contributed by atoms with Gasteiger partial charge in [-0.3, -0.25) is 0 Å². The fraction of sp³-hybridized carbons (Fsp3) is 0.263. The van der Waals surface area contributed by atoms with Gasteiger partial charge < -0.3 is 10.2 Å². The Hall–Kier alpha value is -2.80. The molecule has 2 rings (SSSR count). The highest BCUT2D eigenvalue weighted by atomic mass is 32.1. The molecule has 10 heteroatoms. The van der Waals surface area contributed by atoms with Gasteiger partial charge in [-0.05, 0) is 36.0 Å². The SMILES string of the molecule is N#CCCN(Cc1ccccc1)C(=S)Nc1cc(C(F)(F)F)cc(C(F)(F)F)c1. The molecule has 0 amide bonds. The van der Waals surface area contributed by atoms with Crippen molar-refractivity contribution in [1.82, 2.24) is 4.90 Å². The fourth-order valence-corrected chi connectivity index (χ4v) is 2.74. The minimum absolute atomic E-state index is 0.0473. The fourth-order valence-electron chi connectivity index (χ4n) is 2.47. The predicted molar refractivity (Wildman–Crippen MR) is 99.7 cm³/mol. The first-order valence-corrected chi connectivity index (χ1v) is 8.68. The molecule has 0 bridgehead atoms. The molecule has 0 aromatic heterocycles. The second-order valence-electron chi connectivity index (χ2n) is 6.04. The van der Waals surface area contributed by atoms with E-state index in [1.807, 2.05) is 6.07 Å². The van der Waals surface area contributed by atoms with Gasteiger partial charge in [-0.1, -0.05) is 30.3 Å². The number of hydrogen-bond donors (Lipinski definition) is 1. The monoisotopic (exact) mass is 431 g/mol. The van der Waals surface area contributed by atoms with Crippen LogP contribution in [0.4, 0.5) is 32.0 Å². The second kappa shape index (κ2) is 9.13. The average molecular weight is 431 g/mol. The minimum atomic E-state index is -4.95. The van der Waals surface area contributed by atoms with Crippen molar-refractivity contribution in [2.75, 3.05) is 11.9 Å². The molecule has 29 heavy (non-hydrogen) atoms. The number of rotatable bonds is 5. The maximum Gasteiger partial charge on any atom is 0.416 e. The van der Waals surface area contributed by atoms with Gasteiger partial charge in [-0.15, -0.1) is 0 Å². The lowest BCUT2D eigenvalue weighted by molar-refractivity contribution is -0.143. The molecular formula is C19H15F6N3S. The molecule has 0 fully saturated rings. The van der Waals surface area contributed by atoms with Crippen molar-refractivity contribution >= 4 is 23.0 Å². The van der Waals surface area contributed by atoms with E-state index in [1.54, 1.807) is 30.3 Å². The Kier molecular flexibility index (Phi) is 7.08. The normalized spacial score (nSPS) is 11.6. The Morgan fingerprint density at radius 2 is 1.52 bits per heavy atom. The van der Waals surface area contributed by atoms with E-state index in [0.29, 0.717) is 12.1 Å². The summed E-state index contributed by atoms with van der Waals surface area (Å²) in [5, 5.41) is 11.2. The van der Waals surface area contributed by atoms with Crippen LogP contribution in [0.15, 0.2) is 48.5 Å². The van der Waals surface area contributed by atoms with Crippen LogP contribution < -0.4 is 5.32 Å². The highest BCUT2D eigenvalue weighted by molar-refractivity contribution is 7.80. The molecule has 2 aromatic rings. The quantitative estimate of drug-likeness (QED) is 0.477. The molecule has 0 heterocycles. The van der Waals surface area contributed by atoms with Crippen LogP contribution in [0.3, 0.4) is 0 Å². The van der Waals surface area contributed by atoms with Crippen molar-refractivity contribution in [2.24, 2.45) is 0 Å². The number of nitrogens with zero attached hydrogens (tertiary/aromatic N) is 2. The summed E-state index contributed by atoms with van der Waals surface area (Å²) in [6, 6.07) is 12.0. The number of benzene rings is 2. The Morgan fingerprint density at radius 1 is 0.966 bits per heavy atom. The van der Waals surface area contributed by atoms with Gasteiger partial charge in [0.1, 0.15) is 0 Å². The largest absolute Gasteiger partial charge is 0.416 e. The number of thiocarbonyl (C=S) groups is 1. The molecule has 0 atom stereocenters. The second-order valence-corrected chi connectivity index (χ2v) is 6.43. The van der Waals surface area contributed by atoms with Crippen LogP contribution in [0.5, 0.6) is 0 Å². The third-order valence-electron chi connectivity index (χ3n) is 3.84. The molecule has 154 valence electrons. The Morgan fingerprint density at radius 3 is 2.00 bits per heavy atom. The number of alkyl halides is 6. The van der Waals surface area contributed by atoms with Crippen LogP contribution >= 0.6 is 12.2 Å². The summed E-state index contributed by atoms with van der Waals surface area (Å²) < 4.78 is 78.1. The number of nitriles is 1. The van der Waals surface area contributed by atoms with Crippen LogP contribution in [-0.2, 0) is 18.9 Å². The van der Waals surface area contributed by atoms with Gasteiger partial charge in [-0.25, -0.2) is 0 Å². The molecule has 0 radical (unpaired) electrons. The van der Waals surface area contributed by atoms with Crippen LogP contribution in [-0.4, -0.2) is 16.6 Å². The van der Waals surface area contributed by atoms with E-state index >= 15 is 0 Å². The van der Waals surface area contributed by atoms with E-state index in [4.69, 9.17) is 17.5 Å². The third kappa shape index (κ3) is 6.64. The molecule has 0 aliphatic rings. The van der Waals surface area contributed by atoms with Gasteiger partial charge in [0.05, 0.1) is 23.6 Å². The summed E-state index contributed by atoms with van der Waals surface area (Å²) in [7, 11) is 0. The molecule has 0 aliphatic carbocycles.